The van der Waals surface area contributed by atoms with E-state index in [9.17, 15) is 17.6 Å². The minimum atomic E-state index is -3.91. The Balaban J connectivity index is 1.60. The molecule has 2 heterocycles. The number of sulfonamides is 1. The third-order valence-electron chi connectivity index (χ3n) is 5.53. The second-order valence-corrected chi connectivity index (χ2v) is 11.5. The fraction of sp³-hybridized carbons (Fsp3) is 0.409. The molecule has 32 heavy (non-hydrogen) atoms. The maximum Gasteiger partial charge on any atom is 0.251 e. The van der Waals surface area contributed by atoms with Crippen molar-refractivity contribution in [3.63, 3.8) is 0 Å². The van der Waals surface area contributed by atoms with Gasteiger partial charge in [0, 0.05) is 29.3 Å². The highest BCUT2D eigenvalue weighted by Gasteiger charge is 2.34. The van der Waals surface area contributed by atoms with Gasteiger partial charge < -0.3 is 10.1 Å². The molecule has 0 unspecified atom stereocenters. The Hall–Kier alpha value is -1.65. The lowest BCUT2D eigenvalue weighted by molar-refractivity contribution is -0.0440. The van der Waals surface area contributed by atoms with E-state index in [1.807, 2.05) is 13.8 Å². The fourth-order valence-electron chi connectivity index (χ4n) is 4.09. The van der Waals surface area contributed by atoms with Crippen molar-refractivity contribution in [3.05, 3.63) is 58.4 Å². The van der Waals surface area contributed by atoms with Crippen LogP contribution >= 0.6 is 23.4 Å². The number of nitrogens with one attached hydrogen (secondary N) is 1. The molecule has 0 aliphatic carbocycles. The summed E-state index contributed by atoms with van der Waals surface area (Å²) in [6.45, 7) is 4.04. The molecule has 1 N–H and O–H groups in total. The Morgan fingerprint density at radius 1 is 1.22 bits per heavy atom. The van der Waals surface area contributed by atoms with Crippen LogP contribution in [0.4, 0.5) is 4.39 Å². The lowest BCUT2D eigenvalue weighted by Crippen LogP contribution is -2.48. The van der Waals surface area contributed by atoms with Crippen LogP contribution in [0.15, 0.2) is 46.2 Å². The molecule has 4 rings (SSSR count). The van der Waals surface area contributed by atoms with E-state index in [0.29, 0.717) is 17.1 Å². The lowest BCUT2D eigenvalue weighted by Gasteiger charge is -2.34. The average molecular weight is 499 g/mol. The first-order valence-electron chi connectivity index (χ1n) is 10.3. The van der Waals surface area contributed by atoms with Gasteiger partial charge in [-0.05, 0) is 50.1 Å². The molecule has 3 atom stereocenters. The first-order chi connectivity index (χ1) is 15.2. The van der Waals surface area contributed by atoms with Gasteiger partial charge in [0.05, 0.1) is 23.3 Å². The van der Waals surface area contributed by atoms with Gasteiger partial charge in [-0.2, -0.15) is 4.31 Å². The van der Waals surface area contributed by atoms with Crippen LogP contribution < -0.4 is 5.32 Å². The molecular weight excluding hydrogens is 475 g/mol. The zero-order valence-electron chi connectivity index (χ0n) is 17.7. The third-order valence-corrected chi connectivity index (χ3v) is 9.00. The third kappa shape index (κ3) is 4.68. The van der Waals surface area contributed by atoms with Crippen molar-refractivity contribution in [1.29, 1.82) is 0 Å². The Labute approximate surface area is 196 Å². The molecular formula is C22H24ClFN2O4S2. The molecule has 0 spiro atoms. The second kappa shape index (κ2) is 9.30. The van der Waals surface area contributed by atoms with Crippen LogP contribution in [-0.2, 0) is 14.8 Å². The number of thioether (sulfide) groups is 1. The number of carbonyl (C=O) groups is 1. The topological polar surface area (TPSA) is 75.7 Å². The van der Waals surface area contributed by atoms with E-state index in [1.54, 1.807) is 12.1 Å². The number of ether oxygens (including phenoxy) is 1. The van der Waals surface area contributed by atoms with Crippen molar-refractivity contribution < 1.29 is 22.3 Å². The van der Waals surface area contributed by atoms with Gasteiger partial charge in [-0.15, -0.1) is 11.8 Å². The van der Waals surface area contributed by atoms with Crippen molar-refractivity contribution >= 4 is 39.3 Å². The normalized spacial score (nSPS) is 24.1. The molecule has 10 heteroatoms. The first kappa shape index (κ1) is 23.5. The van der Waals surface area contributed by atoms with E-state index >= 15 is 0 Å². The SMILES string of the molecule is C[C@@H]1CN(S(=O)(=O)c2cc(C(=O)N[C@@H]3CCSc4c(F)cccc43)ccc2Cl)C[C@H](C)O1. The second-order valence-electron chi connectivity index (χ2n) is 8.05. The highest BCUT2D eigenvalue weighted by atomic mass is 35.5. The van der Waals surface area contributed by atoms with E-state index in [4.69, 9.17) is 16.3 Å². The van der Waals surface area contributed by atoms with Crippen LogP contribution in [0.2, 0.25) is 5.02 Å². The number of carbonyl (C=O) groups excluding carboxylic acids is 1. The van der Waals surface area contributed by atoms with E-state index < -0.39 is 15.9 Å². The van der Waals surface area contributed by atoms with E-state index in [0.717, 1.165) is 5.56 Å². The number of hydrogen-bond donors (Lipinski definition) is 1. The van der Waals surface area contributed by atoms with Crippen LogP contribution in [0.1, 0.15) is 42.2 Å². The molecule has 0 aromatic heterocycles. The predicted octanol–water partition coefficient (Wildman–Crippen LogP) is 4.24. The largest absolute Gasteiger partial charge is 0.373 e. The van der Waals surface area contributed by atoms with Gasteiger partial charge in [0.15, 0.2) is 0 Å². The number of halogens is 2. The summed E-state index contributed by atoms with van der Waals surface area (Å²) in [6.07, 6.45) is 0.154. The average Bonchev–Trinajstić information content (AvgIpc) is 2.74. The molecule has 2 aliphatic heterocycles. The number of amides is 1. The van der Waals surface area contributed by atoms with Crippen molar-refractivity contribution in [2.45, 2.75) is 48.3 Å². The van der Waals surface area contributed by atoms with Crippen LogP contribution in [0.3, 0.4) is 0 Å². The zero-order chi connectivity index (χ0) is 23.0. The van der Waals surface area contributed by atoms with Gasteiger partial charge in [-0.3, -0.25) is 4.79 Å². The highest BCUT2D eigenvalue weighted by Crippen LogP contribution is 2.38. The minimum Gasteiger partial charge on any atom is -0.373 e. The van der Waals surface area contributed by atoms with Gasteiger partial charge in [-0.1, -0.05) is 23.7 Å². The Bertz CT molecular complexity index is 1130. The summed E-state index contributed by atoms with van der Waals surface area (Å²) in [4.78, 5) is 13.4. The monoisotopic (exact) mass is 498 g/mol. The summed E-state index contributed by atoms with van der Waals surface area (Å²) in [7, 11) is -3.91. The van der Waals surface area contributed by atoms with Crippen molar-refractivity contribution in [1.82, 2.24) is 9.62 Å². The zero-order valence-corrected chi connectivity index (χ0v) is 20.1. The molecule has 2 aliphatic rings. The van der Waals surface area contributed by atoms with Gasteiger partial charge in [0.1, 0.15) is 10.7 Å². The molecule has 1 saturated heterocycles. The number of hydrogen-bond acceptors (Lipinski definition) is 5. The summed E-state index contributed by atoms with van der Waals surface area (Å²) in [5.74, 6) is -0.0683. The van der Waals surface area contributed by atoms with Gasteiger partial charge in [0.25, 0.3) is 5.91 Å². The standard InChI is InChI=1S/C22H24ClFN2O4S2/c1-13-11-26(12-14(2)30-13)32(28,29)20-10-15(6-7-17(20)23)22(27)25-19-8-9-31-21-16(19)4-3-5-18(21)24/h3-7,10,13-14,19H,8-9,11-12H2,1-2H3,(H,25,27)/t13-,14+,19-/m1/s1. The van der Waals surface area contributed by atoms with E-state index in [2.05, 4.69) is 5.32 Å². The van der Waals surface area contributed by atoms with Gasteiger partial charge in [-0.25, -0.2) is 12.8 Å². The fourth-order valence-corrected chi connectivity index (χ4v) is 7.32. The molecule has 6 nitrogen and oxygen atoms in total. The van der Waals surface area contributed by atoms with Crippen LogP contribution in [-0.4, -0.2) is 49.7 Å². The summed E-state index contributed by atoms with van der Waals surface area (Å²) in [6, 6.07) is 8.68. The predicted molar refractivity (Wildman–Crippen MR) is 122 cm³/mol. The van der Waals surface area contributed by atoms with Crippen molar-refractivity contribution in [2.24, 2.45) is 0 Å². The Morgan fingerprint density at radius 2 is 1.94 bits per heavy atom. The van der Waals surface area contributed by atoms with E-state index in [-0.39, 0.29) is 52.6 Å². The molecule has 2 aromatic rings. The molecule has 1 amide bonds. The number of rotatable bonds is 4. The first-order valence-corrected chi connectivity index (χ1v) is 13.1. The van der Waals surface area contributed by atoms with Crippen LogP contribution in [0.25, 0.3) is 0 Å². The van der Waals surface area contributed by atoms with Gasteiger partial charge in [0.2, 0.25) is 10.0 Å². The molecule has 0 saturated carbocycles. The molecule has 2 aromatic carbocycles. The summed E-state index contributed by atoms with van der Waals surface area (Å²) in [5, 5.41) is 2.97. The highest BCUT2D eigenvalue weighted by molar-refractivity contribution is 7.99. The van der Waals surface area contributed by atoms with Gasteiger partial charge >= 0.3 is 0 Å². The smallest absolute Gasteiger partial charge is 0.251 e. The summed E-state index contributed by atoms with van der Waals surface area (Å²) < 4.78 is 47.7. The lowest BCUT2D eigenvalue weighted by atomic mass is 10.0. The Kier molecular flexibility index (Phi) is 6.84. The molecule has 172 valence electrons. The van der Waals surface area contributed by atoms with Crippen molar-refractivity contribution in [3.8, 4) is 0 Å². The van der Waals surface area contributed by atoms with Crippen LogP contribution in [0, 0.1) is 5.82 Å². The maximum atomic E-state index is 14.1. The quantitative estimate of drug-likeness (QED) is 0.682. The number of morpholine rings is 1. The number of benzene rings is 2. The van der Waals surface area contributed by atoms with Crippen LogP contribution in [0.5, 0.6) is 0 Å². The number of nitrogens with zero attached hydrogens (tertiary/aromatic N) is 1. The van der Waals surface area contributed by atoms with E-state index in [1.165, 1.54) is 40.3 Å². The molecule has 0 bridgehead atoms. The Morgan fingerprint density at radius 3 is 2.66 bits per heavy atom. The summed E-state index contributed by atoms with van der Waals surface area (Å²) in [5.41, 5.74) is 0.909. The maximum absolute atomic E-state index is 14.1. The van der Waals surface area contributed by atoms with Crippen molar-refractivity contribution in [2.75, 3.05) is 18.8 Å². The molecule has 1 fully saturated rings. The molecule has 0 radical (unpaired) electrons. The minimum absolute atomic E-state index is 0.0508. The number of fused-ring (bicyclic) bond motifs is 1. The summed E-state index contributed by atoms with van der Waals surface area (Å²) >= 11 is 7.67.